The van der Waals surface area contributed by atoms with Gasteiger partial charge in [-0.1, -0.05) is 30.3 Å². The zero-order chi connectivity index (χ0) is 16.2. The Morgan fingerprint density at radius 3 is 2.26 bits per heavy atom. The highest BCUT2D eigenvalue weighted by Gasteiger charge is 2.32. The SMILES string of the molecule is COc1cc(OCc2ccccc2)c([C@H](N)C2CC2)cc1OC. The number of methoxy groups -OCH3 is 2. The van der Waals surface area contributed by atoms with Crippen LogP contribution in [0.15, 0.2) is 42.5 Å². The van der Waals surface area contributed by atoms with E-state index in [4.69, 9.17) is 19.9 Å². The van der Waals surface area contributed by atoms with Crippen molar-refractivity contribution in [1.82, 2.24) is 0 Å². The molecule has 0 aliphatic heterocycles. The van der Waals surface area contributed by atoms with Crippen LogP contribution in [0.2, 0.25) is 0 Å². The van der Waals surface area contributed by atoms with Gasteiger partial charge in [0.2, 0.25) is 0 Å². The minimum Gasteiger partial charge on any atom is -0.493 e. The number of hydrogen-bond acceptors (Lipinski definition) is 4. The number of nitrogens with two attached hydrogens (primary N) is 1. The summed E-state index contributed by atoms with van der Waals surface area (Å²) in [6.45, 7) is 0.501. The fourth-order valence-electron chi connectivity index (χ4n) is 2.71. The molecule has 4 heteroatoms. The molecule has 0 radical (unpaired) electrons. The molecule has 3 rings (SSSR count). The van der Waals surface area contributed by atoms with Gasteiger partial charge in [0, 0.05) is 17.7 Å². The van der Waals surface area contributed by atoms with Crippen molar-refractivity contribution < 1.29 is 14.2 Å². The van der Waals surface area contributed by atoms with Gasteiger partial charge >= 0.3 is 0 Å². The van der Waals surface area contributed by atoms with Crippen molar-refractivity contribution in [3.63, 3.8) is 0 Å². The summed E-state index contributed by atoms with van der Waals surface area (Å²) in [5.74, 6) is 2.64. The lowest BCUT2D eigenvalue weighted by Gasteiger charge is -2.19. The molecule has 4 nitrogen and oxygen atoms in total. The summed E-state index contributed by atoms with van der Waals surface area (Å²) in [6, 6.07) is 13.9. The van der Waals surface area contributed by atoms with Crippen LogP contribution in [0.5, 0.6) is 17.2 Å². The lowest BCUT2D eigenvalue weighted by atomic mass is 10.0. The zero-order valence-electron chi connectivity index (χ0n) is 13.6. The van der Waals surface area contributed by atoms with E-state index in [1.54, 1.807) is 14.2 Å². The molecule has 0 spiro atoms. The molecular formula is C19H23NO3. The zero-order valence-corrected chi connectivity index (χ0v) is 13.6. The van der Waals surface area contributed by atoms with Gasteiger partial charge in [-0.2, -0.15) is 0 Å². The van der Waals surface area contributed by atoms with Gasteiger partial charge in [0.15, 0.2) is 11.5 Å². The quantitative estimate of drug-likeness (QED) is 0.847. The van der Waals surface area contributed by atoms with Crippen molar-refractivity contribution in [3.05, 3.63) is 53.6 Å². The van der Waals surface area contributed by atoms with Crippen molar-refractivity contribution in [2.75, 3.05) is 14.2 Å². The summed E-state index contributed by atoms with van der Waals surface area (Å²) in [7, 11) is 3.26. The topological polar surface area (TPSA) is 53.7 Å². The molecule has 2 aromatic rings. The number of hydrogen-bond donors (Lipinski definition) is 1. The lowest BCUT2D eigenvalue weighted by molar-refractivity contribution is 0.294. The fourth-order valence-corrected chi connectivity index (χ4v) is 2.71. The lowest BCUT2D eigenvalue weighted by Crippen LogP contribution is -2.14. The Morgan fingerprint density at radius 2 is 1.65 bits per heavy atom. The third-order valence-corrected chi connectivity index (χ3v) is 4.24. The predicted octanol–water partition coefficient (Wildman–Crippen LogP) is 3.69. The van der Waals surface area contributed by atoms with Crippen LogP contribution >= 0.6 is 0 Å². The van der Waals surface area contributed by atoms with Crippen LogP contribution in [-0.4, -0.2) is 14.2 Å². The normalized spacial score (nSPS) is 15.1. The molecule has 0 bridgehead atoms. The Balaban J connectivity index is 1.88. The van der Waals surface area contributed by atoms with Crippen LogP contribution in [0.25, 0.3) is 0 Å². The summed E-state index contributed by atoms with van der Waals surface area (Å²) in [4.78, 5) is 0. The molecule has 0 saturated heterocycles. The Hall–Kier alpha value is -2.20. The second-order valence-electron chi connectivity index (χ2n) is 5.88. The van der Waals surface area contributed by atoms with Gasteiger partial charge in [-0.05, 0) is 30.4 Å². The summed E-state index contributed by atoms with van der Waals surface area (Å²) in [6.07, 6.45) is 2.35. The second-order valence-corrected chi connectivity index (χ2v) is 5.88. The van der Waals surface area contributed by atoms with Crippen molar-refractivity contribution >= 4 is 0 Å². The Kier molecular flexibility index (Phi) is 4.72. The van der Waals surface area contributed by atoms with E-state index in [-0.39, 0.29) is 6.04 Å². The molecule has 2 N–H and O–H groups in total. The molecular weight excluding hydrogens is 290 g/mol. The van der Waals surface area contributed by atoms with Gasteiger partial charge in [0.1, 0.15) is 12.4 Å². The highest BCUT2D eigenvalue weighted by Crippen LogP contribution is 2.45. The van der Waals surface area contributed by atoms with E-state index in [9.17, 15) is 0 Å². The maximum absolute atomic E-state index is 6.41. The summed E-state index contributed by atoms with van der Waals surface area (Å²) in [5, 5.41) is 0. The smallest absolute Gasteiger partial charge is 0.164 e. The first kappa shape index (κ1) is 15.7. The van der Waals surface area contributed by atoms with Crippen LogP contribution < -0.4 is 19.9 Å². The molecule has 1 aliphatic rings. The Bertz CT molecular complexity index is 653. The standard InChI is InChI=1S/C19H23NO3/c1-21-17-10-15(19(20)14-8-9-14)16(11-18(17)22-2)23-12-13-6-4-3-5-7-13/h3-7,10-11,14,19H,8-9,12,20H2,1-2H3/t19-/m1/s1. The van der Waals surface area contributed by atoms with Crippen LogP contribution in [0.3, 0.4) is 0 Å². The van der Waals surface area contributed by atoms with Crippen LogP contribution in [0.4, 0.5) is 0 Å². The van der Waals surface area contributed by atoms with Crippen LogP contribution in [0.1, 0.15) is 30.0 Å². The third kappa shape index (κ3) is 3.59. The Labute approximate surface area is 137 Å². The van der Waals surface area contributed by atoms with E-state index < -0.39 is 0 Å². The van der Waals surface area contributed by atoms with E-state index in [2.05, 4.69) is 0 Å². The van der Waals surface area contributed by atoms with Gasteiger partial charge in [-0.25, -0.2) is 0 Å². The van der Waals surface area contributed by atoms with E-state index in [0.717, 1.165) is 16.9 Å². The summed E-state index contributed by atoms with van der Waals surface area (Å²) < 4.78 is 16.9. The molecule has 0 unspecified atom stereocenters. The van der Waals surface area contributed by atoms with Gasteiger partial charge < -0.3 is 19.9 Å². The summed E-state index contributed by atoms with van der Waals surface area (Å²) >= 11 is 0. The molecule has 1 saturated carbocycles. The first-order valence-electron chi connectivity index (χ1n) is 7.91. The van der Waals surface area contributed by atoms with Gasteiger partial charge in [0.25, 0.3) is 0 Å². The van der Waals surface area contributed by atoms with Gasteiger partial charge in [0.05, 0.1) is 14.2 Å². The van der Waals surface area contributed by atoms with Gasteiger partial charge in [-0.3, -0.25) is 0 Å². The molecule has 0 amide bonds. The van der Waals surface area contributed by atoms with Crippen LogP contribution in [0, 0.1) is 5.92 Å². The molecule has 1 fully saturated rings. The molecule has 1 aliphatic carbocycles. The minimum atomic E-state index is -0.0272. The van der Waals surface area contributed by atoms with E-state index in [1.807, 2.05) is 42.5 Å². The fraction of sp³-hybridized carbons (Fsp3) is 0.368. The van der Waals surface area contributed by atoms with E-state index in [1.165, 1.54) is 12.8 Å². The van der Waals surface area contributed by atoms with Crippen LogP contribution in [-0.2, 0) is 6.61 Å². The second kappa shape index (κ2) is 6.92. The molecule has 1 atom stereocenters. The maximum Gasteiger partial charge on any atom is 0.164 e. The number of benzene rings is 2. The van der Waals surface area contributed by atoms with Crippen molar-refractivity contribution in [1.29, 1.82) is 0 Å². The highest BCUT2D eigenvalue weighted by atomic mass is 16.5. The molecule has 122 valence electrons. The molecule has 2 aromatic carbocycles. The molecule has 0 aromatic heterocycles. The maximum atomic E-state index is 6.41. The monoisotopic (exact) mass is 313 g/mol. The number of ether oxygens (including phenoxy) is 3. The van der Waals surface area contributed by atoms with Crippen molar-refractivity contribution in [2.24, 2.45) is 11.7 Å². The average Bonchev–Trinajstić information content (AvgIpc) is 3.44. The molecule has 23 heavy (non-hydrogen) atoms. The number of rotatable bonds is 7. The van der Waals surface area contributed by atoms with Crippen molar-refractivity contribution in [2.45, 2.75) is 25.5 Å². The predicted molar refractivity (Wildman–Crippen MR) is 90.0 cm³/mol. The van der Waals surface area contributed by atoms with Crippen molar-refractivity contribution in [3.8, 4) is 17.2 Å². The van der Waals surface area contributed by atoms with Gasteiger partial charge in [-0.15, -0.1) is 0 Å². The molecule has 0 heterocycles. The summed E-state index contributed by atoms with van der Waals surface area (Å²) in [5.41, 5.74) is 8.51. The minimum absolute atomic E-state index is 0.0272. The third-order valence-electron chi connectivity index (χ3n) is 4.24. The van der Waals surface area contributed by atoms with E-state index in [0.29, 0.717) is 24.0 Å². The largest absolute Gasteiger partial charge is 0.493 e. The average molecular weight is 313 g/mol. The first-order chi connectivity index (χ1) is 11.2. The highest BCUT2D eigenvalue weighted by molar-refractivity contribution is 5.52. The Morgan fingerprint density at radius 1 is 1.00 bits per heavy atom. The van der Waals surface area contributed by atoms with E-state index >= 15 is 0 Å². The first-order valence-corrected chi connectivity index (χ1v) is 7.91.